The molecule has 0 atom stereocenters. The van der Waals surface area contributed by atoms with E-state index in [-0.39, 0.29) is 30.6 Å². The number of ether oxygens (including phenoxy) is 1. The Morgan fingerprint density at radius 1 is 1.20 bits per heavy atom. The molecular formula is C16H24ClN3O4S. The van der Waals surface area contributed by atoms with Crippen LogP contribution in [-0.4, -0.2) is 50.5 Å². The van der Waals surface area contributed by atoms with Crippen LogP contribution in [0, 0.1) is 0 Å². The zero-order valence-corrected chi connectivity index (χ0v) is 15.6. The number of rotatable bonds is 6. The van der Waals surface area contributed by atoms with Gasteiger partial charge in [0.15, 0.2) is 0 Å². The Morgan fingerprint density at radius 3 is 2.40 bits per heavy atom. The molecule has 2 aliphatic rings. The molecule has 2 fully saturated rings. The number of hydrogen-bond acceptors (Lipinski definition) is 5. The summed E-state index contributed by atoms with van der Waals surface area (Å²) in [5.41, 5.74) is 6.64. The van der Waals surface area contributed by atoms with E-state index in [0.29, 0.717) is 44.7 Å². The van der Waals surface area contributed by atoms with E-state index in [0.717, 1.165) is 5.56 Å². The van der Waals surface area contributed by atoms with E-state index in [1.807, 2.05) is 12.1 Å². The average Bonchev–Trinajstić information content (AvgIpc) is 3.33. The van der Waals surface area contributed by atoms with Crippen molar-refractivity contribution in [2.45, 2.75) is 30.7 Å². The van der Waals surface area contributed by atoms with Crippen LogP contribution in [0.15, 0.2) is 24.3 Å². The highest BCUT2D eigenvalue weighted by molar-refractivity contribution is 7.88. The Labute approximate surface area is 154 Å². The lowest BCUT2D eigenvalue weighted by Gasteiger charge is -2.26. The minimum atomic E-state index is -3.40. The maximum absolute atomic E-state index is 12.6. The number of benzene rings is 1. The van der Waals surface area contributed by atoms with Gasteiger partial charge in [-0.05, 0) is 24.0 Å². The van der Waals surface area contributed by atoms with Gasteiger partial charge < -0.3 is 15.8 Å². The summed E-state index contributed by atoms with van der Waals surface area (Å²) < 4.78 is 31.8. The predicted octanol–water partition coefficient (Wildman–Crippen LogP) is 0.378. The van der Waals surface area contributed by atoms with E-state index in [1.54, 1.807) is 12.1 Å². The molecule has 25 heavy (non-hydrogen) atoms. The molecule has 3 rings (SSSR count). The topological polar surface area (TPSA) is 102 Å². The highest BCUT2D eigenvalue weighted by atomic mass is 35.5. The summed E-state index contributed by atoms with van der Waals surface area (Å²) >= 11 is 0. The van der Waals surface area contributed by atoms with Crippen LogP contribution in [0.2, 0.25) is 0 Å². The van der Waals surface area contributed by atoms with Gasteiger partial charge in [0.25, 0.3) is 0 Å². The maximum atomic E-state index is 12.6. The molecule has 1 amide bonds. The zero-order chi connectivity index (χ0) is 17.2. The second-order valence-corrected chi connectivity index (χ2v) is 8.34. The van der Waals surface area contributed by atoms with Crippen molar-refractivity contribution in [2.24, 2.45) is 5.73 Å². The van der Waals surface area contributed by atoms with Crippen molar-refractivity contribution in [1.82, 2.24) is 9.62 Å². The van der Waals surface area contributed by atoms with Crippen molar-refractivity contribution in [2.75, 3.05) is 26.3 Å². The van der Waals surface area contributed by atoms with Gasteiger partial charge >= 0.3 is 0 Å². The fraction of sp³-hybridized carbons (Fsp3) is 0.562. The Balaban J connectivity index is 0.00000225. The van der Waals surface area contributed by atoms with Crippen molar-refractivity contribution in [3.05, 3.63) is 35.4 Å². The summed E-state index contributed by atoms with van der Waals surface area (Å²) in [6, 6.07) is 7.26. The number of carbonyl (C=O) groups is 1. The lowest BCUT2D eigenvalue weighted by Crippen LogP contribution is -2.42. The summed E-state index contributed by atoms with van der Waals surface area (Å²) in [5.74, 6) is -0.249. The molecule has 9 heteroatoms. The molecule has 1 aromatic carbocycles. The molecule has 0 bridgehead atoms. The van der Waals surface area contributed by atoms with Gasteiger partial charge in [-0.2, -0.15) is 4.31 Å². The first-order valence-corrected chi connectivity index (χ1v) is 9.71. The van der Waals surface area contributed by atoms with E-state index >= 15 is 0 Å². The maximum Gasteiger partial charge on any atom is 0.240 e. The molecule has 1 aromatic rings. The molecule has 1 saturated carbocycles. The first kappa shape index (κ1) is 20.1. The highest BCUT2D eigenvalue weighted by Crippen LogP contribution is 2.32. The van der Waals surface area contributed by atoms with E-state index in [4.69, 9.17) is 10.5 Å². The highest BCUT2D eigenvalue weighted by Gasteiger charge is 2.45. The van der Waals surface area contributed by atoms with Crippen molar-refractivity contribution in [3.63, 3.8) is 0 Å². The Morgan fingerprint density at radius 2 is 1.80 bits per heavy atom. The number of morpholine rings is 1. The Hall–Kier alpha value is -1.19. The van der Waals surface area contributed by atoms with Gasteiger partial charge in [0, 0.05) is 19.6 Å². The zero-order valence-electron chi connectivity index (χ0n) is 13.9. The van der Waals surface area contributed by atoms with E-state index in [2.05, 4.69) is 5.32 Å². The van der Waals surface area contributed by atoms with Crippen LogP contribution in [0.25, 0.3) is 0 Å². The standard InChI is InChI=1S/C16H23N3O4S.ClH/c17-16(5-6-16)15(20)18-11-13-3-1-2-4-14(13)12-24(21,22)19-7-9-23-10-8-19;/h1-4H,5-12,17H2,(H,18,20);1H. The van der Waals surface area contributed by atoms with Gasteiger partial charge in [-0.1, -0.05) is 24.3 Å². The summed E-state index contributed by atoms with van der Waals surface area (Å²) in [7, 11) is -3.40. The van der Waals surface area contributed by atoms with Gasteiger partial charge in [0.2, 0.25) is 15.9 Å². The van der Waals surface area contributed by atoms with Crippen LogP contribution in [-0.2, 0) is 31.9 Å². The molecule has 1 aliphatic carbocycles. The summed E-state index contributed by atoms with van der Waals surface area (Å²) in [4.78, 5) is 12.0. The molecule has 1 saturated heterocycles. The van der Waals surface area contributed by atoms with Crippen LogP contribution < -0.4 is 11.1 Å². The van der Waals surface area contributed by atoms with Crippen LogP contribution in [0.4, 0.5) is 0 Å². The lowest BCUT2D eigenvalue weighted by molar-refractivity contribution is -0.123. The third-order valence-electron chi connectivity index (χ3n) is 4.50. The largest absolute Gasteiger partial charge is 0.379 e. The van der Waals surface area contributed by atoms with E-state index < -0.39 is 15.6 Å². The van der Waals surface area contributed by atoms with Crippen LogP contribution in [0.3, 0.4) is 0 Å². The summed E-state index contributed by atoms with van der Waals surface area (Å²) in [6.45, 7) is 1.91. The van der Waals surface area contributed by atoms with Gasteiger partial charge in [0.05, 0.1) is 24.5 Å². The molecule has 1 heterocycles. The number of halogens is 1. The van der Waals surface area contributed by atoms with Crippen molar-refractivity contribution >= 4 is 28.3 Å². The number of nitrogens with two attached hydrogens (primary N) is 1. The summed E-state index contributed by atoms with van der Waals surface area (Å²) in [6.07, 6.45) is 1.40. The number of amides is 1. The minimum Gasteiger partial charge on any atom is -0.379 e. The van der Waals surface area contributed by atoms with Gasteiger partial charge in [-0.3, -0.25) is 4.79 Å². The number of hydrogen-bond donors (Lipinski definition) is 2. The van der Waals surface area contributed by atoms with Gasteiger partial charge in [-0.25, -0.2) is 8.42 Å². The minimum absolute atomic E-state index is 0. The first-order chi connectivity index (χ1) is 11.4. The van der Waals surface area contributed by atoms with Gasteiger partial charge in [-0.15, -0.1) is 12.4 Å². The van der Waals surface area contributed by atoms with Crippen LogP contribution in [0.1, 0.15) is 24.0 Å². The first-order valence-electron chi connectivity index (χ1n) is 8.10. The van der Waals surface area contributed by atoms with Crippen molar-refractivity contribution < 1.29 is 17.9 Å². The second-order valence-electron chi connectivity index (χ2n) is 6.38. The monoisotopic (exact) mass is 389 g/mol. The number of carbonyl (C=O) groups excluding carboxylic acids is 1. The quantitative estimate of drug-likeness (QED) is 0.732. The molecular weight excluding hydrogens is 366 g/mol. The summed E-state index contributed by atoms with van der Waals surface area (Å²) in [5, 5.41) is 2.81. The molecule has 1 aliphatic heterocycles. The fourth-order valence-corrected chi connectivity index (χ4v) is 4.26. The van der Waals surface area contributed by atoms with Crippen LogP contribution in [0.5, 0.6) is 0 Å². The normalized spacial score (nSPS) is 19.7. The molecule has 140 valence electrons. The lowest BCUT2D eigenvalue weighted by atomic mass is 10.1. The van der Waals surface area contributed by atoms with Gasteiger partial charge in [0.1, 0.15) is 0 Å². The predicted molar refractivity (Wildman–Crippen MR) is 96.7 cm³/mol. The Kier molecular flexibility index (Phi) is 6.45. The molecule has 0 spiro atoms. The molecule has 0 radical (unpaired) electrons. The van der Waals surface area contributed by atoms with Crippen molar-refractivity contribution in [3.8, 4) is 0 Å². The smallest absolute Gasteiger partial charge is 0.240 e. The van der Waals surface area contributed by atoms with E-state index in [1.165, 1.54) is 4.31 Å². The molecule has 0 unspecified atom stereocenters. The van der Waals surface area contributed by atoms with Crippen LogP contribution >= 0.6 is 12.4 Å². The number of nitrogens with zero attached hydrogens (tertiary/aromatic N) is 1. The molecule has 0 aromatic heterocycles. The Bertz CT molecular complexity index is 716. The third kappa shape index (κ3) is 4.92. The molecule has 7 nitrogen and oxygen atoms in total. The van der Waals surface area contributed by atoms with Crippen molar-refractivity contribution in [1.29, 1.82) is 0 Å². The van der Waals surface area contributed by atoms with E-state index in [9.17, 15) is 13.2 Å². The average molecular weight is 390 g/mol. The molecule has 3 N–H and O–H groups in total. The number of nitrogens with one attached hydrogen (secondary N) is 1. The fourth-order valence-electron chi connectivity index (χ4n) is 2.70. The third-order valence-corrected chi connectivity index (χ3v) is 6.33. The number of sulfonamides is 1. The second kappa shape index (κ2) is 8.01. The SMILES string of the molecule is Cl.NC1(C(=O)NCc2ccccc2CS(=O)(=O)N2CCOCC2)CC1.